The highest BCUT2D eigenvalue weighted by atomic mass is 19.1. The highest BCUT2D eigenvalue weighted by Gasteiger charge is 2.27. The van der Waals surface area contributed by atoms with E-state index in [4.69, 9.17) is 4.74 Å². The summed E-state index contributed by atoms with van der Waals surface area (Å²) in [5.74, 6) is 0.657. The number of ether oxygens (including phenoxy) is 1. The number of anilines is 2. The summed E-state index contributed by atoms with van der Waals surface area (Å²) in [7, 11) is 1.52. The van der Waals surface area contributed by atoms with Crippen LogP contribution in [0.4, 0.5) is 15.9 Å². The highest BCUT2D eigenvalue weighted by molar-refractivity contribution is 5.94. The summed E-state index contributed by atoms with van der Waals surface area (Å²) in [5.41, 5.74) is 2.71. The number of hydrogen-bond donors (Lipinski definition) is 0. The number of carbonyl (C=O) groups excluding carboxylic acids is 1. The number of alkyl halides is 1. The molecule has 0 saturated carbocycles. The fraction of sp³-hybridized carbons (Fsp3) is 0.478. The summed E-state index contributed by atoms with van der Waals surface area (Å²) >= 11 is 0. The van der Waals surface area contributed by atoms with Gasteiger partial charge in [0, 0.05) is 56.8 Å². The van der Waals surface area contributed by atoms with Gasteiger partial charge in [-0.15, -0.1) is 5.10 Å². The Kier molecular flexibility index (Phi) is 5.84. The maximum absolute atomic E-state index is 13.1. The number of fused-ring (bicyclic) bond motifs is 2. The summed E-state index contributed by atoms with van der Waals surface area (Å²) in [4.78, 5) is 33.9. The van der Waals surface area contributed by atoms with E-state index in [1.54, 1.807) is 17.3 Å². The van der Waals surface area contributed by atoms with Gasteiger partial charge in [-0.1, -0.05) is 0 Å². The minimum absolute atomic E-state index is 0.0708. The van der Waals surface area contributed by atoms with E-state index >= 15 is 0 Å². The van der Waals surface area contributed by atoms with E-state index in [2.05, 4.69) is 15.0 Å². The number of pyridine rings is 2. The second-order valence-electron chi connectivity index (χ2n) is 8.69. The average Bonchev–Trinajstić information content (AvgIpc) is 3.17. The Bertz CT molecular complexity index is 1240. The zero-order valence-electron chi connectivity index (χ0n) is 18.6. The molecule has 9 nitrogen and oxygen atoms in total. The van der Waals surface area contributed by atoms with Gasteiger partial charge in [-0.05, 0) is 43.4 Å². The molecule has 0 aromatic carbocycles. The third-order valence-corrected chi connectivity index (χ3v) is 6.43. The average molecular weight is 455 g/mol. The number of methoxy groups -OCH3 is 1. The van der Waals surface area contributed by atoms with Gasteiger partial charge in [0.1, 0.15) is 12.5 Å². The van der Waals surface area contributed by atoms with Crippen LogP contribution in [0, 0.1) is 5.92 Å². The predicted molar refractivity (Wildman–Crippen MR) is 121 cm³/mol. The van der Waals surface area contributed by atoms with Crippen molar-refractivity contribution in [3.63, 3.8) is 0 Å². The molecule has 3 aromatic rings. The first-order valence-electron chi connectivity index (χ1n) is 11.3. The maximum Gasteiger partial charge on any atom is 0.352 e. The Morgan fingerprint density at radius 3 is 2.97 bits per heavy atom. The van der Waals surface area contributed by atoms with Crippen molar-refractivity contribution in [2.75, 3.05) is 38.3 Å². The molecular formula is C23H27FN6O3. The Balaban J connectivity index is 1.43. The molecule has 5 heterocycles. The summed E-state index contributed by atoms with van der Waals surface area (Å²) in [6, 6.07) is 5.65. The minimum Gasteiger partial charge on any atom is -0.362 e. The van der Waals surface area contributed by atoms with Crippen LogP contribution in [0.5, 0.6) is 0 Å². The summed E-state index contributed by atoms with van der Waals surface area (Å²) in [5, 5.41) is 4.33. The first-order valence-corrected chi connectivity index (χ1v) is 11.3. The van der Waals surface area contributed by atoms with Crippen LogP contribution in [0.3, 0.4) is 0 Å². The first-order chi connectivity index (χ1) is 16.1. The van der Waals surface area contributed by atoms with Gasteiger partial charge >= 0.3 is 5.69 Å². The molecule has 5 rings (SSSR count). The van der Waals surface area contributed by atoms with E-state index in [9.17, 15) is 14.0 Å². The van der Waals surface area contributed by atoms with Crippen molar-refractivity contribution in [2.45, 2.75) is 32.4 Å². The fourth-order valence-corrected chi connectivity index (χ4v) is 4.77. The van der Waals surface area contributed by atoms with E-state index in [1.165, 1.54) is 16.2 Å². The SMILES string of the molecule is COCn1nc2cc(N3CCCc4cc(C(=O)N5CCC[C@H](CF)C5)cnc43)ccn2c1=O. The lowest BCUT2D eigenvalue weighted by atomic mass is 9.98. The Morgan fingerprint density at radius 1 is 1.27 bits per heavy atom. The van der Waals surface area contributed by atoms with Crippen molar-refractivity contribution in [3.8, 4) is 0 Å². The van der Waals surface area contributed by atoms with Gasteiger partial charge in [0.15, 0.2) is 5.65 Å². The van der Waals surface area contributed by atoms with Gasteiger partial charge in [-0.25, -0.2) is 9.78 Å². The molecule has 0 N–H and O–H groups in total. The Morgan fingerprint density at radius 2 is 2.15 bits per heavy atom. The number of likely N-dealkylation sites (tertiary alicyclic amines) is 1. The molecule has 1 saturated heterocycles. The molecule has 2 aliphatic rings. The van der Waals surface area contributed by atoms with Crippen LogP contribution in [-0.4, -0.2) is 63.4 Å². The molecule has 1 fully saturated rings. The van der Waals surface area contributed by atoms with Gasteiger partial charge in [-0.3, -0.25) is 13.6 Å². The standard InChI is InChI=1S/C23H27FN6O3/c1-33-15-30-23(32)29-9-6-19(11-20(29)26-30)28-8-3-5-17-10-18(13-25-21(17)28)22(31)27-7-2-4-16(12-24)14-27/h6,9-11,13,16H,2-5,7-8,12,14-15H2,1H3/t16-/m1/s1. The predicted octanol–water partition coefficient (Wildman–Crippen LogP) is 2.40. The van der Waals surface area contributed by atoms with E-state index in [0.29, 0.717) is 24.3 Å². The molecule has 1 atom stereocenters. The van der Waals surface area contributed by atoms with Crippen LogP contribution < -0.4 is 10.6 Å². The minimum atomic E-state index is -0.388. The van der Waals surface area contributed by atoms with E-state index in [0.717, 1.165) is 49.3 Å². The van der Waals surface area contributed by atoms with Crippen LogP contribution in [0.15, 0.2) is 35.4 Å². The molecule has 0 aliphatic carbocycles. The lowest BCUT2D eigenvalue weighted by Gasteiger charge is -2.33. The smallest absolute Gasteiger partial charge is 0.352 e. The number of amides is 1. The summed E-state index contributed by atoms with van der Waals surface area (Å²) in [6.07, 6.45) is 6.73. The van der Waals surface area contributed by atoms with Gasteiger partial charge in [0.05, 0.1) is 12.2 Å². The molecule has 174 valence electrons. The van der Waals surface area contributed by atoms with Crippen LogP contribution in [0.1, 0.15) is 35.2 Å². The molecule has 0 spiro atoms. The number of halogens is 1. The van der Waals surface area contributed by atoms with Gasteiger partial charge in [0.2, 0.25) is 0 Å². The number of aryl methyl sites for hydroxylation is 1. The summed E-state index contributed by atoms with van der Waals surface area (Å²) < 4.78 is 20.9. The number of hydrogen-bond acceptors (Lipinski definition) is 6. The van der Waals surface area contributed by atoms with Crippen molar-refractivity contribution < 1.29 is 13.9 Å². The van der Waals surface area contributed by atoms with E-state index in [1.807, 2.05) is 18.2 Å². The van der Waals surface area contributed by atoms with Gasteiger partial charge < -0.3 is 14.5 Å². The van der Waals surface area contributed by atoms with E-state index < -0.39 is 0 Å². The lowest BCUT2D eigenvalue weighted by molar-refractivity contribution is 0.0656. The largest absolute Gasteiger partial charge is 0.362 e. The zero-order chi connectivity index (χ0) is 22.9. The fourth-order valence-electron chi connectivity index (χ4n) is 4.77. The van der Waals surface area contributed by atoms with Crippen molar-refractivity contribution in [3.05, 3.63) is 52.2 Å². The maximum atomic E-state index is 13.1. The molecule has 10 heteroatoms. The van der Waals surface area contributed by atoms with Crippen molar-refractivity contribution in [1.29, 1.82) is 0 Å². The molecule has 1 amide bonds. The molecule has 33 heavy (non-hydrogen) atoms. The third kappa shape index (κ3) is 3.99. The van der Waals surface area contributed by atoms with Gasteiger partial charge in [0.25, 0.3) is 5.91 Å². The molecular weight excluding hydrogens is 427 g/mol. The molecule has 3 aromatic heterocycles. The quantitative estimate of drug-likeness (QED) is 0.589. The second-order valence-corrected chi connectivity index (χ2v) is 8.69. The molecule has 0 bridgehead atoms. The normalized spacial score (nSPS) is 18.5. The molecule has 2 aliphatic heterocycles. The molecule has 0 unspecified atom stereocenters. The third-order valence-electron chi connectivity index (χ3n) is 6.43. The molecule has 0 radical (unpaired) electrons. The number of piperidine rings is 1. The lowest BCUT2D eigenvalue weighted by Crippen LogP contribution is -2.40. The van der Waals surface area contributed by atoms with E-state index in [-0.39, 0.29) is 30.9 Å². The van der Waals surface area contributed by atoms with Crippen LogP contribution in [0.2, 0.25) is 0 Å². The summed E-state index contributed by atoms with van der Waals surface area (Å²) in [6.45, 7) is 1.60. The second kappa shape index (κ2) is 8.93. The Hall–Kier alpha value is -3.27. The number of carbonyl (C=O) groups is 1. The number of nitrogens with zero attached hydrogens (tertiary/aromatic N) is 6. The number of rotatable bonds is 5. The topological polar surface area (TPSA) is 85.0 Å². The monoisotopic (exact) mass is 454 g/mol. The highest BCUT2D eigenvalue weighted by Crippen LogP contribution is 2.33. The van der Waals surface area contributed by atoms with Crippen LogP contribution >= 0.6 is 0 Å². The van der Waals surface area contributed by atoms with Crippen molar-refractivity contribution in [2.24, 2.45) is 5.92 Å². The van der Waals surface area contributed by atoms with Gasteiger partial charge in [-0.2, -0.15) is 4.68 Å². The van der Waals surface area contributed by atoms with Crippen molar-refractivity contribution >= 4 is 23.1 Å². The first kappa shape index (κ1) is 21.6. The number of aromatic nitrogens is 4. The Labute approximate surface area is 190 Å². The van der Waals surface area contributed by atoms with Crippen molar-refractivity contribution in [1.82, 2.24) is 24.1 Å². The van der Waals surface area contributed by atoms with Crippen LogP contribution in [-0.2, 0) is 17.9 Å². The van der Waals surface area contributed by atoms with Crippen LogP contribution in [0.25, 0.3) is 5.65 Å². The zero-order valence-corrected chi connectivity index (χ0v) is 18.6.